The van der Waals surface area contributed by atoms with Gasteiger partial charge in [0.15, 0.2) is 4.95 Å². The molecular formula is C3H4BrN3O2. The lowest BCUT2D eigenvalue weighted by Gasteiger charge is -2.17. The Bertz CT molecular complexity index is 187. The zero-order valence-corrected chi connectivity index (χ0v) is 5.81. The molecule has 5 nitrogen and oxygen atoms in total. The number of halogens is 1. The van der Waals surface area contributed by atoms with Gasteiger partial charge in [0.05, 0.1) is 0 Å². The van der Waals surface area contributed by atoms with Crippen molar-refractivity contribution in [3.05, 3.63) is 0 Å². The second-order valence-corrected chi connectivity index (χ2v) is 2.26. The highest BCUT2D eigenvalue weighted by molar-refractivity contribution is 9.10. The molecule has 0 bridgehead atoms. The van der Waals surface area contributed by atoms with Crippen LogP contribution in [0.15, 0.2) is 0 Å². The van der Waals surface area contributed by atoms with Gasteiger partial charge in [-0.1, -0.05) is 15.9 Å². The first-order valence-electron chi connectivity index (χ1n) is 2.59. The van der Waals surface area contributed by atoms with Crippen molar-refractivity contribution in [2.75, 3.05) is 0 Å². The van der Waals surface area contributed by atoms with Crippen LogP contribution in [0.2, 0.25) is 1.41 Å². The maximum Gasteiger partial charge on any atom is 0.335 e. The van der Waals surface area contributed by atoms with Crippen LogP contribution in [-0.2, 0) is 4.79 Å². The third kappa shape index (κ3) is 1.39. The van der Waals surface area contributed by atoms with Gasteiger partial charge in [-0.05, 0) is 0 Å². The Morgan fingerprint density at radius 3 is 2.89 bits per heavy atom. The van der Waals surface area contributed by atoms with Crippen molar-refractivity contribution < 1.29 is 11.0 Å². The second-order valence-electron chi connectivity index (χ2n) is 1.40. The fourth-order valence-corrected chi connectivity index (χ4v) is 0.590. The number of urea groups is 1. The van der Waals surface area contributed by atoms with Gasteiger partial charge in [0.1, 0.15) is 1.41 Å². The van der Waals surface area contributed by atoms with Crippen molar-refractivity contribution in [2.24, 2.45) is 0 Å². The van der Waals surface area contributed by atoms with Crippen molar-refractivity contribution in [3.8, 4) is 0 Å². The van der Waals surface area contributed by atoms with E-state index in [2.05, 4.69) is 15.9 Å². The molecule has 50 valence electrons. The SMILES string of the molecule is [2H]N1NC(=O)NC(=O)C1Br. The summed E-state index contributed by atoms with van der Waals surface area (Å²) in [6.45, 7) is 0. The Hall–Kier alpha value is -0.620. The monoisotopic (exact) mass is 194 g/mol. The number of rotatable bonds is 0. The molecule has 1 saturated heterocycles. The van der Waals surface area contributed by atoms with E-state index in [-0.39, 0.29) is 0 Å². The molecule has 0 saturated carbocycles. The molecular weight excluding hydrogens is 190 g/mol. The fraction of sp³-hybridized carbons (Fsp3) is 0.333. The number of imide groups is 1. The van der Waals surface area contributed by atoms with Gasteiger partial charge in [0, 0.05) is 0 Å². The fourth-order valence-electron chi connectivity index (χ4n) is 0.373. The number of hydrazine groups is 1. The van der Waals surface area contributed by atoms with E-state index in [1.165, 1.54) is 0 Å². The quantitative estimate of drug-likeness (QED) is 0.344. The van der Waals surface area contributed by atoms with E-state index >= 15 is 0 Å². The summed E-state index contributed by atoms with van der Waals surface area (Å²) in [6, 6.07) is -0.685. The number of carbonyl (C=O) groups is 2. The number of hydrogen-bond donors (Lipinski definition) is 3. The van der Waals surface area contributed by atoms with Crippen LogP contribution in [0.3, 0.4) is 0 Å². The highest BCUT2D eigenvalue weighted by Gasteiger charge is 2.21. The van der Waals surface area contributed by atoms with E-state index in [0.717, 1.165) is 0 Å². The molecule has 1 atom stereocenters. The molecule has 1 aliphatic rings. The van der Waals surface area contributed by atoms with Gasteiger partial charge in [0.25, 0.3) is 5.91 Å². The molecule has 0 aromatic heterocycles. The normalized spacial score (nSPS) is 30.8. The largest absolute Gasteiger partial charge is 0.335 e. The molecule has 1 unspecified atom stereocenters. The van der Waals surface area contributed by atoms with Crippen LogP contribution >= 0.6 is 15.9 Å². The van der Waals surface area contributed by atoms with Crippen LogP contribution in [0.5, 0.6) is 0 Å². The van der Waals surface area contributed by atoms with Gasteiger partial charge in [-0.3, -0.25) is 15.5 Å². The van der Waals surface area contributed by atoms with Gasteiger partial charge >= 0.3 is 6.03 Å². The Morgan fingerprint density at radius 1 is 1.67 bits per heavy atom. The van der Waals surface area contributed by atoms with E-state index < -0.39 is 16.9 Å². The number of alkyl halides is 1. The summed E-state index contributed by atoms with van der Waals surface area (Å²) in [5, 5.41) is 1.96. The lowest BCUT2D eigenvalue weighted by atomic mass is 10.6. The molecule has 1 heterocycles. The van der Waals surface area contributed by atoms with Crippen LogP contribution in [0.4, 0.5) is 4.79 Å². The minimum atomic E-state index is -0.815. The van der Waals surface area contributed by atoms with Crippen molar-refractivity contribution in [3.63, 3.8) is 0 Å². The van der Waals surface area contributed by atoms with Crippen LogP contribution < -0.4 is 16.2 Å². The average Bonchev–Trinajstić information content (AvgIpc) is 1.82. The van der Waals surface area contributed by atoms with Gasteiger partial charge < -0.3 is 0 Å². The van der Waals surface area contributed by atoms with Gasteiger partial charge in [-0.25, -0.2) is 10.2 Å². The van der Waals surface area contributed by atoms with E-state index in [9.17, 15) is 9.59 Å². The number of carbonyl (C=O) groups excluding carboxylic acids is 2. The van der Waals surface area contributed by atoms with Crippen molar-refractivity contribution in [1.82, 2.24) is 16.2 Å². The zero-order valence-electron chi connectivity index (χ0n) is 5.22. The summed E-state index contributed by atoms with van der Waals surface area (Å²) in [7, 11) is 0. The van der Waals surface area contributed by atoms with E-state index in [1.807, 2.05) is 10.7 Å². The molecule has 3 amide bonds. The number of hydrogen-bond acceptors (Lipinski definition) is 3. The standard InChI is InChI=1S/C3H4BrN3O2/c4-1-2(8)5-3(9)7-6-1/h1,6H,(H2,5,7,8,9)/i/hD. The molecule has 9 heavy (non-hydrogen) atoms. The van der Waals surface area contributed by atoms with Crippen molar-refractivity contribution in [2.45, 2.75) is 4.95 Å². The first-order valence-corrected chi connectivity index (χ1v) is 3.06. The average molecular weight is 195 g/mol. The molecule has 1 rings (SSSR count). The summed E-state index contributed by atoms with van der Waals surface area (Å²) in [5.41, 5.74) is 2.67. The molecule has 1 fully saturated rings. The predicted molar refractivity (Wildman–Crippen MR) is 32.5 cm³/mol. The molecule has 3 N–H and O–H groups in total. The predicted octanol–water partition coefficient (Wildman–Crippen LogP) is -0.949. The third-order valence-electron chi connectivity index (χ3n) is 0.733. The topological polar surface area (TPSA) is 70.2 Å². The second kappa shape index (κ2) is 2.32. The first-order chi connectivity index (χ1) is 4.61. The summed E-state index contributed by atoms with van der Waals surface area (Å²) >= 11 is 2.86. The highest BCUT2D eigenvalue weighted by atomic mass is 79.9. The Kier molecular flexibility index (Phi) is 1.34. The Morgan fingerprint density at radius 2 is 2.33 bits per heavy atom. The Labute approximate surface area is 60.7 Å². The molecule has 0 radical (unpaired) electrons. The molecule has 0 spiro atoms. The molecule has 0 aromatic rings. The summed E-state index contributed by atoms with van der Waals surface area (Å²) in [4.78, 5) is 20.2. The maximum absolute atomic E-state index is 10.6. The molecule has 0 aromatic carbocycles. The van der Waals surface area contributed by atoms with Crippen LogP contribution in [0.1, 0.15) is 0 Å². The van der Waals surface area contributed by atoms with E-state index in [1.54, 1.807) is 0 Å². The summed E-state index contributed by atoms with van der Waals surface area (Å²) in [6.07, 6.45) is 0. The van der Waals surface area contributed by atoms with Crippen LogP contribution in [-0.4, -0.2) is 16.9 Å². The van der Waals surface area contributed by atoms with Gasteiger partial charge in [-0.15, -0.1) is 0 Å². The van der Waals surface area contributed by atoms with Crippen LogP contribution in [0, 0.1) is 0 Å². The van der Waals surface area contributed by atoms with E-state index in [0.29, 0.717) is 5.42 Å². The molecule has 1 aliphatic heterocycles. The number of nitrogens with one attached hydrogen (secondary N) is 3. The van der Waals surface area contributed by atoms with Crippen LogP contribution in [0.25, 0.3) is 0 Å². The zero-order chi connectivity index (χ0) is 7.72. The maximum atomic E-state index is 10.6. The van der Waals surface area contributed by atoms with Crippen molar-refractivity contribution >= 4 is 27.9 Å². The lowest BCUT2D eigenvalue weighted by molar-refractivity contribution is -0.120. The van der Waals surface area contributed by atoms with E-state index in [4.69, 9.17) is 1.41 Å². The minimum absolute atomic E-state index is 0.543. The molecule has 6 heteroatoms. The first kappa shape index (κ1) is 5.19. The lowest BCUT2D eigenvalue weighted by Crippen LogP contribution is -2.60. The third-order valence-corrected chi connectivity index (χ3v) is 1.35. The minimum Gasteiger partial charge on any atom is -0.275 e. The number of amides is 3. The van der Waals surface area contributed by atoms with Gasteiger partial charge in [0.2, 0.25) is 0 Å². The van der Waals surface area contributed by atoms with Crippen molar-refractivity contribution in [1.29, 1.82) is 0 Å². The Balaban J connectivity index is 2.66. The molecule has 0 aliphatic carbocycles. The smallest absolute Gasteiger partial charge is 0.275 e. The highest BCUT2D eigenvalue weighted by Crippen LogP contribution is 1.94. The summed E-state index contributed by atoms with van der Waals surface area (Å²) in [5.74, 6) is -0.543. The summed E-state index contributed by atoms with van der Waals surface area (Å²) < 4.78 is 6.93. The van der Waals surface area contributed by atoms with Gasteiger partial charge in [-0.2, -0.15) is 0 Å².